The molecule has 0 amide bonds. The molecule has 0 saturated heterocycles. The number of alkyl halides is 7. The number of hydrogen-bond acceptors (Lipinski definition) is 2. The van der Waals surface area contributed by atoms with Crippen LogP contribution in [0.3, 0.4) is 0 Å². The number of nitrogens with zero attached hydrogens (tertiary/aromatic N) is 1. The van der Waals surface area contributed by atoms with Crippen LogP contribution in [-0.2, 0) is 0 Å². The van der Waals surface area contributed by atoms with Gasteiger partial charge in [0.05, 0.1) is 24.5 Å². The second kappa shape index (κ2) is 7.53. The SMILES string of the molecule is O=[N+]([O-])c1cc2c(cc1Br)[C@H]1[C@@H]([C@@H]3[C@H]2[C@@]2(Cl)C(Cl)=C(Cl)[C@@]3(Cl)C2(Cl)Cl)[C@]2(Cl)C(Cl)=C(Cl)[C@H]1C2(Cl)Cl. The predicted molar refractivity (Wildman–Crippen MR) is 149 cm³/mol. The topological polar surface area (TPSA) is 43.1 Å². The number of rotatable bonds is 1. The Morgan fingerprint density at radius 3 is 1.91 bits per heavy atom. The number of halogens is 12. The third-order valence-corrected chi connectivity index (χ3v) is 16.3. The molecule has 0 radical (unpaired) electrons. The van der Waals surface area contributed by atoms with Crippen LogP contribution in [0.4, 0.5) is 5.69 Å². The number of nitro benzene ring substituents is 1. The molecule has 15 heteroatoms. The summed E-state index contributed by atoms with van der Waals surface area (Å²) in [5.41, 5.74) is 0.862. The number of allylic oxidation sites excluding steroid dienone is 4. The van der Waals surface area contributed by atoms with Crippen molar-refractivity contribution in [3.8, 4) is 0 Å². The van der Waals surface area contributed by atoms with E-state index in [1.165, 1.54) is 6.07 Å². The van der Waals surface area contributed by atoms with Crippen molar-refractivity contribution in [2.45, 2.75) is 35.1 Å². The first-order chi connectivity index (χ1) is 15.9. The molecule has 188 valence electrons. The molecule has 4 bridgehead atoms. The molecule has 2 fully saturated rings. The van der Waals surface area contributed by atoms with E-state index < -0.39 is 57.8 Å². The van der Waals surface area contributed by atoms with Crippen LogP contribution in [-0.4, -0.2) is 28.2 Å². The van der Waals surface area contributed by atoms with Crippen molar-refractivity contribution in [1.82, 2.24) is 0 Å². The third-order valence-electron chi connectivity index (χ3n) is 8.31. The first-order valence-corrected chi connectivity index (χ1v) is 14.8. The fourth-order valence-electron chi connectivity index (χ4n) is 7.07. The Balaban J connectivity index is 1.78. The van der Waals surface area contributed by atoms with Crippen LogP contribution < -0.4 is 0 Å². The number of benzene rings is 1. The maximum absolute atomic E-state index is 11.8. The lowest BCUT2D eigenvalue weighted by Crippen LogP contribution is -2.53. The summed E-state index contributed by atoms with van der Waals surface area (Å²) in [7, 11) is 0. The van der Waals surface area contributed by atoms with Gasteiger partial charge in [-0.3, -0.25) is 10.1 Å². The minimum Gasteiger partial charge on any atom is -0.258 e. The Labute approximate surface area is 262 Å². The quantitative estimate of drug-likeness (QED) is 0.163. The van der Waals surface area contributed by atoms with Crippen LogP contribution in [0.5, 0.6) is 0 Å². The van der Waals surface area contributed by atoms with Gasteiger partial charge >= 0.3 is 0 Å². The molecule has 0 aliphatic heterocycles. The first-order valence-electron chi connectivity index (χ1n) is 9.87. The zero-order valence-corrected chi connectivity index (χ0v) is 26.2. The number of fused-ring (bicyclic) bond motifs is 14. The van der Waals surface area contributed by atoms with Gasteiger partial charge in [-0.15, -0.1) is 34.8 Å². The third kappa shape index (κ3) is 2.54. The fraction of sp³-hybridized carbons (Fsp3) is 0.500. The van der Waals surface area contributed by atoms with Crippen LogP contribution in [0.15, 0.2) is 36.7 Å². The van der Waals surface area contributed by atoms with Crippen LogP contribution >= 0.6 is 144 Å². The molecular formula is C20H7BrCl11NO2. The summed E-state index contributed by atoms with van der Waals surface area (Å²) in [5.74, 6) is -3.76. The highest BCUT2D eigenvalue weighted by Crippen LogP contribution is 2.87. The predicted octanol–water partition coefficient (Wildman–Crippen LogP) is 10.1. The summed E-state index contributed by atoms with van der Waals surface area (Å²) in [6.45, 7) is 0. The summed E-state index contributed by atoms with van der Waals surface area (Å²) >= 11 is 79.3. The maximum Gasteiger partial charge on any atom is 0.283 e. The van der Waals surface area contributed by atoms with E-state index >= 15 is 0 Å². The molecule has 5 aliphatic rings. The molecule has 8 atom stereocenters. The molecular weight excluding hydrogens is 756 g/mol. The molecule has 2 saturated carbocycles. The lowest BCUT2D eigenvalue weighted by molar-refractivity contribution is -0.385. The highest BCUT2D eigenvalue weighted by Gasteiger charge is 2.89. The summed E-state index contributed by atoms with van der Waals surface area (Å²) in [4.78, 5) is 6.20. The molecule has 0 N–H and O–H groups in total. The second-order valence-corrected chi connectivity index (χ2v) is 16.2. The van der Waals surface area contributed by atoms with E-state index in [9.17, 15) is 10.1 Å². The van der Waals surface area contributed by atoms with E-state index in [-0.39, 0.29) is 30.3 Å². The van der Waals surface area contributed by atoms with Gasteiger partial charge in [-0.1, -0.05) is 92.8 Å². The Morgan fingerprint density at radius 1 is 0.771 bits per heavy atom. The first kappa shape index (κ1) is 27.0. The van der Waals surface area contributed by atoms with E-state index in [1.54, 1.807) is 6.07 Å². The van der Waals surface area contributed by atoms with E-state index in [2.05, 4.69) is 15.9 Å². The van der Waals surface area contributed by atoms with Gasteiger partial charge in [-0.05, 0) is 39.0 Å². The van der Waals surface area contributed by atoms with Crippen molar-refractivity contribution in [1.29, 1.82) is 0 Å². The number of hydrogen-bond donors (Lipinski definition) is 0. The summed E-state index contributed by atoms with van der Waals surface area (Å²) < 4.78 is -3.40. The maximum atomic E-state index is 11.8. The summed E-state index contributed by atoms with van der Waals surface area (Å²) in [6.07, 6.45) is 0. The molecule has 35 heavy (non-hydrogen) atoms. The lowest BCUT2D eigenvalue weighted by Gasteiger charge is -2.52. The molecule has 3 nitrogen and oxygen atoms in total. The van der Waals surface area contributed by atoms with E-state index in [0.29, 0.717) is 11.1 Å². The molecule has 0 heterocycles. The zero-order valence-electron chi connectivity index (χ0n) is 16.3. The van der Waals surface area contributed by atoms with Gasteiger partial charge < -0.3 is 0 Å². The van der Waals surface area contributed by atoms with Crippen molar-refractivity contribution in [2.75, 3.05) is 0 Å². The Kier molecular flexibility index (Phi) is 5.80. The summed E-state index contributed by atoms with van der Waals surface area (Å²) in [6, 6.07) is 3.01. The fourth-order valence-corrected chi connectivity index (χ4v) is 13.1. The van der Waals surface area contributed by atoms with Gasteiger partial charge in [0.25, 0.3) is 5.69 Å². The molecule has 6 rings (SSSR count). The molecule has 1 aromatic carbocycles. The highest BCUT2D eigenvalue weighted by molar-refractivity contribution is 9.10. The molecule has 1 aromatic rings. The average Bonchev–Trinajstić information content (AvgIpc) is 3.14. The van der Waals surface area contributed by atoms with Gasteiger partial charge in [0.2, 0.25) is 0 Å². The molecule has 0 aromatic heterocycles. The van der Waals surface area contributed by atoms with Crippen molar-refractivity contribution in [3.63, 3.8) is 0 Å². The Morgan fingerprint density at radius 2 is 1.34 bits per heavy atom. The highest BCUT2D eigenvalue weighted by atomic mass is 79.9. The summed E-state index contributed by atoms with van der Waals surface area (Å²) in [5, 5.41) is 12.0. The normalized spacial score (nSPS) is 45.7. The van der Waals surface area contributed by atoms with Crippen molar-refractivity contribution in [3.05, 3.63) is 58.0 Å². The standard InChI is InChI=1S/C20H7BrCl11NO2/c21-5-1-3-4(2-6(5)33(34)35)8-11(18(28)15(25)14(24)17(8,27)20(18,31)32)9-7(3)10-12(22)13(23)16(9,26)19(10,29)30/h1-2,7-11H/t7-,8-,9-,10-,11-,16-,17+,18+/m0/s1. The smallest absolute Gasteiger partial charge is 0.258 e. The largest absolute Gasteiger partial charge is 0.283 e. The zero-order chi connectivity index (χ0) is 26.0. The lowest BCUT2D eigenvalue weighted by atomic mass is 9.57. The van der Waals surface area contributed by atoms with Crippen molar-refractivity contribution < 1.29 is 4.92 Å². The van der Waals surface area contributed by atoms with Crippen LogP contribution in [0, 0.1) is 27.9 Å². The van der Waals surface area contributed by atoms with Gasteiger partial charge in [0.1, 0.15) is 14.6 Å². The molecule has 0 unspecified atom stereocenters. The van der Waals surface area contributed by atoms with E-state index in [0.717, 1.165) is 0 Å². The minimum atomic E-state index is -1.95. The van der Waals surface area contributed by atoms with E-state index in [4.69, 9.17) is 128 Å². The molecule has 5 aliphatic carbocycles. The van der Waals surface area contributed by atoms with Crippen molar-refractivity contribution >= 4 is 149 Å². The number of nitro groups is 1. The van der Waals surface area contributed by atoms with Crippen LogP contribution in [0.2, 0.25) is 0 Å². The van der Waals surface area contributed by atoms with Crippen LogP contribution in [0.25, 0.3) is 0 Å². The van der Waals surface area contributed by atoms with E-state index in [1.807, 2.05) is 0 Å². The second-order valence-electron chi connectivity index (χ2n) is 9.34. The van der Waals surface area contributed by atoms with Gasteiger partial charge in [0.15, 0.2) is 8.67 Å². The van der Waals surface area contributed by atoms with Crippen molar-refractivity contribution in [2.24, 2.45) is 17.8 Å². The Bertz CT molecular complexity index is 1350. The van der Waals surface area contributed by atoms with Crippen LogP contribution in [0.1, 0.15) is 23.0 Å². The minimum absolute atomic E-state index is 0.0418. The molecule has 0 spiro atoms. The van der Waals surface area contributed by atoms with Gasteiger partial charge in [-0.2, -0.15) is 0 Å². The monoisotopic (exact) mass is 757 g/mol. The Hall–Kier alpha value is 1.77. The van der Waals surface area contributed by atoms with Gasteiger partial charge in [0, 0.05) is 34.8 Å². The van der Waals surface area contributed by atoms with Gasteiger partial charge in [-0.25, -0.2) is 0 Å². The average molecular weight is 763 g/mol.